The molecule has 1 aliphatic heterocycles. The van der Waals surface area contributed by atoms with Gasteiger partial charge < -0.3 is 9.15 Å². The average Bonchev–Trinajstić information content (AvgIpc) is 3.50. The number of benzene rings is 1. The fraction of sp³-hybridized carbons (Fsp3) is 0.344. The summed E-state index contributed by atoms with van der Waals surface area (Å²) in [5, 5.41) is 1.23. The van der Waals surface area contributed by atoms with Gasteiger partial charge in [-0.3, -0.25) is 9.36 Å². The number of nitrogens with zero attached hydrogens (tertiary/aromatic N) is 4. The highest BCUT2D eigenvalue weighted by Crippen LogP contribution is 2.33. The quantitative estimate of drug-likeness (QED) is 0.175. The topological polar surface area (TPSA) is 99.6 Å². The summed E-state index contributed by atoms with van der Waals surface area (Å²) in [6.45, 7) is 12.2. The zero-order valence-corrected chi connectivity index (χ0v) is 26.3. The van der Waals surface area contributed by atoms with Crippen molar-refractivity contribution in [1.82, 2.24) is 14.5 Å². The molecule has 3 aromatic heterocycles. The molecule has 218 valence electrons. The minimum atomic E-state index is -0.644. The van der Waals surface area contributed by atoms with Crippen molar-refractivity contribution in [3.05, 3.63) is 102 Å². The first-order chi connectivity index (χ1) is 20.2. The third kappa shape index (κ3) is 6.19. The van der Waals surface area contributed by atoms with Gasteiger partial charge in [0, 0.05) is 17.5 Å². The van der Waals surface area contributed by atoms with Crippen LogP contribution in [0.15, 0.2) is 78.2 Å². The molecule has 0 N–H and O–H groups in total. The monoisotopic (exact) mass is 602 g/mol. The lowest BCUT2D eigenvalue weighted by atomic mass is 9.92. The van der Waals surface area contributed by atoms with Crippen molar-refractivity contribution in [3.63, 3.8) is 0 Å². The van der Waals surface area contributed by atoms with Gasteiger partial charge in [0.15, 0.2) is 15.1 Å². The predicted octanol–water partition coefficient (Wildman–Crippen LogP) is 5.85. The van der Waals surface area contributed by atoms with Gasteiger partial charge in [-0.05, 0) is 74.2 Å². The van der Waals surface area contributed by atoms with Crippen LogP contribution in [-0.4, -0.2) is 27.1 Å². The Hall–Kier alpha value is -3.76. The molecular weight excluding hydrogens is 569 g/mol. The number of aromatic nitrogens is 3. The molecule has 4 heterocycles. The van der Waals surface area contributed by atoms with Crippen molar-refractivity contribution in [3.8, 4) is 0 Å². The smallest absolute Gasteiger partial charge is 0.338 e. The summed E-state index contributed by atoms with van der Waals surface area (Å²) in [7, 11) is 0. The molecule has 0 aliphatic carbocycles. The molecule has 0 spiro atoms. The Morgan fingerprint density at radius 1 is 1.12 bits per heavy atom. The molecule has 0 radical (unpaired) electrons. The molecule has 0 bridgehead atoms. The first kappa shape index (κ1) is 29.7. The molecule has 0 fully saturated rings. The number of carbonyl (C=O) groups excluding carboxylic acids is 1. The van der Waals surface area contributed by atoms with Gasteiger partial charge in [-0.15, -0.1) is 0 Å². The van der Waals surface area contributed by atoms with Crippen LogP contribution < -0.4 is 14.9 Å². The SMILES string of the molecule is CCCC1=C(C(=O)OCC)[C@H](c2ccc(C(C)C)cc2)n2c(s/c(=C/c3ccc(Sc4nc(C)cc(C)n4)o3)c2=O)=N1. The highest BCUT2D eigenvalue weighted by Gasteiger charge is 2.34. The molecular formula is C32H34N4O4S2. The van der Waals surface area contributed by atoms with E-state index in [1.54, 1.807) is 17.6 Å². The summed E-state index contributed by atoms with van der Waals surface area (Å²) in [5.41, 5.74) is 4.62. The fourth-order valence-corrected chi connectivity index (χ4v) is 6.76. The van der Waals surface area contributed by atoms with E-state index in [2.05, 4.69) is 35.9 Å². The summed E-state index contributed by atoms with van der Waals surface area (Å²) >= 11 is 2.62. The van der Waals surface area contributed by atoms with E-state index in [1.807, 2.05) is 51.1 Å². The molecule has 42 heavy (non-hydrogen) atoms. The highest BCUT2D eigenvalue weighted by molar-refractivity contribution is 7.99. The Morgan fingerprint density at radius 3 is 2.48 bits per heavy atom. The number of hydrogen-bond acceptors (Lipinski definition) is 9. The highest BCUT2D eigenvalue weighted by atomic mass is 32.2. The lowest BCUT2D eigenvalue weighted by molar-refractivity contribution is -0.139. The van der Waals surface area contributed by atoms with Crippen molar-refractivity contribution in [1.29, 1.82) is 0 Å². The summed E-state index contributed by atoms with van der Waals surface area (Å²) < 4.78 is 13.6. The second-order valence-corrected chi connectivity index (χ2v) is 12.4. The van der Waals surface area contributed by atoms with Gasteiger partial charge in [0.05, 0.1) is 28.5 Å². The number of carbonyl (C=O) groups is 1. The number of ether oxygens (including phenoxy) is 1. The third-order valence-corrected chi connectivity index (χ3v) is 8.61. The Balaban J connectivity index is 1.60. The van der Waals surface area contributed by atoms with Gasteiger partial charge in [0.1, 0.15) is 5.76 Å². The number of furan rings is 1. The summed E-state index contributed by atoms with van der Waals surface area (Å²) in [5.74, 6) is 0.441. The largest absolute Gasteiger partial charge is 0.463 e. The zero-order chi connectivity index (χ0) is 30.0. The number of thiazole rings is 1. The Labute approximate surface area is 252 Å². The van der Waals surface area contributed by atoms with Crippen LogP contribution in [0.5, 0.6) is 0 Å². The second kappa shape index (κ2) is 12.6. The van der Waals surface area contributed by atoms with Crippen LogP contribution in [0, 0.1) is 13.8 Å². The van der Waals surface area contributed by atoms with Gasteiger partial charge >= 0.3 is 5.97 Å². The predicted molar refractivity (Wildman–Crippen MR) is 165 cm³/mol. The maximum Gasteiger partial charge on any atom is 0.338 e. The molecule has 0 saturated heterocycles. The standard InChI is InChI=1S/C32H34N4O4S2/c1-7-9-24-27(30(38)39-8-2)28(22-12-10-21(11-13-22)18(3)4)36-29(37)25(41-32(36)35-24)17-23-14-15-26(40-23)42-31-33-19(5)16-20(6)34-31/h10-18,28H,7-9H2,1-6H3/b25-17+/t28-/m0/s1. The molecule has 1 aliphatic rings. The number of allylic oxidation sites excluding steroid dienone is 1. The van der Waals surface area contributed by atoms with Crippen LogP contribution in [0.25, 0.3) is 6.08 Å². The Bertz CT molecular complexity index is 1810. The van der Waals surface area contributed by atoms with Crippen molar-refractivity contribution in [2.24, 2.45) is 4.99 Å². The van der Waals surface area contributed by atoms with E-state index in [9.17, 15) is 9.59 Å². The lowest BCUT2D eigenvalue weighted by Gasteiger charge is -2.26. The summed E-state index contributed by atoms with van der Waals surface area (Å²) in [6.07, 6.45) is 3.12. The van der Waals surface area contributed by atoms with Crippen LogP contribution in [0.1, 0.15) is 80.8 Å². The maximum absolute atomic E-state index is 14.0. The second-order valence-electron chi connectivity index (χ2n) is 10.4. The number of fused-ring (bicyclic) bond motifs is 1. The molecule has 1 aromatic carbocycles. The Morgan fingerprint density at radius 2 is 1.83 bits per heavy atom. The van der Waals surface area contributed by atoms with Gasteiger partial charge in [-0.25, -0.2) is 19.8 Å². The number of esters is 1. The van der Waals surface area contributed by atoms with E-state index in [0.717, 1.165) is 23.4 Å². The number of aryl methyl sites for hydroxylation is 2. The van der Waals surface area contributed by atoms with Crippen molar-refractivity contribution < 1.29 is 13.9 Å². The van der Waals surface area contributed by atoms with Crippen molar-refractivity contribution in [2.75, 3.05) is 6.61 Å². The van der Waals surface area contributed by atoms with Gasteiger partial charge in [-0.2, -0.15) is 0 Å². The van der Waals surface area contributed by atoms with Crippen molar-refractivity contribution in [2.45, 2.75) is 76.6 Å². The first-order valence-electron chi connectivity index (χ1n) is 14.1. The van der Waals surface area contributed by atoms with Crippen LogP contribution >= 0.6 is 23.1 Å². The zero-order valence-electron chi connectivity index (χ0n) is 24.6. The average molecular weight is 603 g/mol. The summed E-state index contributed by atoms with van der Waals surface area (Å²) in [6, 6.07) is 13.0. The van der Waals surface area contributed by atoms with Crippen molar-refractivity contribution >= 4 is 35.1 Å². The Kier molecular flexibility index (Phi) is 8.93. The molecule has 0 saturated carbocycles. The summed E-state index contributed by atoms with van der Waals surface area (Å²) in [4.78, 5) is 41.7. The molecule has 0 amide bonds. The molecule has 0 unspecified atom stereocenters. The van der Waals surface area contributed by atoms with Crippen LogP contribution in [0.3, 0.4) is 0 Å². The van der Waals surface area contributed by atoms with E-state index in [-0.39, 0.29) is 12.2 Å². The lowest BCUT2D eigenvalue weighted by Crippen LogP contribution is -2.40. The number of hydrogen-bond donors (Lipinski definition) is 0. The van der Waals surface area contributed by atoms with Crippen LogP contribution in [0.4, 0.5) is 0 Å². The molecule has 5 rings (SSSR count). The minimum Gasteiger partial charge on any atom is -0.463 e. The van der Waals surface area contributed by atoms with E-state index in [1.165, 1.54) is 28.7 Å². The maximum atomic E-state index is 14.0. The first-order valence-corrected chi connectivity index (χ1v) is 15.7. The third-order valence-electron chi connectivity index (χ3n) is 6.84. The van der Waals surface area contributed by atoms with E-state index < -0.39 is 12.0 Å². The fourth-order valence-electron chi connectivity index (χ4n) is 4.92. The van der Waals surface area contributed by atoms with E-state index in [4.69, 9.17) is 14.1 Å². The molecule has 8 nitrogen and oxygen atoms in total. The van der Waals surface area contributed by atoms with Gasteiger partial charge in [-0.1, -0.05) is 62.8 Å². The van der Waals surface area contributed by atoms with Gasteiger partial charge in [0.25, 0.3) is 5.56 Å². The van der Waals surface area contributed by atoms with E-state index >= 15 is 0 Å². The molecule has 4 aromatic rings. The molecule has 10 heteroatoms. The molecule has 1 atom stereocenters. The number of rotatable bonds is 9. The van der Waals surface area contributed by atoms with Crippen LogP contribution in [-0.2, 0) is 9.53 Å². The normalized spacial score (nSPS) is 15.2. The minimum absolute atomic E-state index is 0.233. The van der Waals surface area contributed by atoms with Crippen LogP contribution in [0.2, 0.25) is 0 Å². The van der Waals surface area contributed by atoms with Gasteiger partial charge in [0.2, 0.25) is 0 Å². The van der Waals surface area contributed by atoms with E-state index in [0.29, 0.717) is 49.0 Å².